The van der Waals surface area contributed by atoms with Gasteiger partial charge in [-0.3, -0.25) is 0 Å². The summed E-state index contributed by atoms with van der Waals surface area (Å²) < 4.78 is 39.1. The second kappa shape index (κ2) is 13.9. The average Bonchev–Trinajstić information content (AvgIpc) is 2.70. The zero-order chi connectivity index (χ0) is 30.5. The SMILES string of the molecule is CO[Si](CCCCCC[Si](O[Si](C)(C)C(C)(C)C)(O[Si](C)(C)C(C)(C)C)O[Si](C)(C)C(C)(C)C)(OC)OC. The molecule has 0 aromatic carbocycles. The van der Waals surface area contributed by atoms with Crippen molar-refractivity contribution in [3.63, 3.8) is 0 Å². The lowest BCUT2D eigenvalue weighted by atomic mass is 10.2. The molecule has 0 aliphatic carbocycles. The number of unbranched alkanes of at least 4 members (excludes halogenated alkanes) is 3. The van der Waals surface area contributed by atoms with Crippen LogP contribution in [0.25, 0.3) is 0 Å². The first-order chi connectivity index (χ1) is 16.8. The van der Waals surface area contributed by atoms with Crippen molar-refractivity contribution in [3.8, 4) is 0 Å². The van der Waals surface area contributed by atoms with Gasteiger partial charge >= 0.3 is 17.6 Å². The Morgan fingerprint density at radius 1 is 0.395 bits per heavy atom. The lowest BCUT2D eigenvalue weighted by Gasteiger charge is -2.52. The van der Waals surface area contributed by atoms with E-state index in [2.05, 4.69) is 102 Å². The smallest absolute Gasteiger partial charge is 0.416 e. The van der Waals surface area contributed by atoms with E-state index in [0.29, 0.717) is 0 Å². The highest BCUT2D eigenvalue weighted by Gasteiger charge is 2.57. The van der Waals surface area contributed by atoms with Crippen molar-refractivity contribution < 1.29 is 25.6 Å². The first-order valence-corrected chi connectivity index (χ1v) is 27.1. The molecule has 0 aliphatic heterocycles. The van der Waals surface area contributed by atoms with Crippen molar-refractivity contribution in [2.75, 3.05) is 21.3 Å². The molecule has 0 heterocycles. The predicted octanol–water partition coefficient (Wildman–Crippen LogP) is 9.43. The Hall–Kier alpha value is 0.844. The zero-order valence-corrected chi connectivity index (χ0v) is 33.7. The van der Waals surface area contributed by atoms with Crippen molar-refractivity contribution in [3.05, 3.63) is 0 Å². The summed E-state index contributed by atoms with van der Waals surface area (Å²) >= 11 is 0. The zero-order valence-electron chi connectivity index (χ0n) is 28.7. The van der Waals surface area contributed by atoms with Gasteiger partial charge in [0.25, 0.3) is 0 Å². The second-order valence-corrected chi connectivity index (χ2v) is 36.4. The molecule has 11 heteroatoms. The van der Waals surface area contributed by atoms with Crippen LogP contribution in [0.5, 0.6) is 0 Å². The maximum absolute atomic E-state index is 7.41. The van der Waals surface area contributed by atoms with Crippen LogP contribution in [0.4, 0.5) is 0 Å². The molecule has 0 unspecified atom stereocenters. The molecule has 0 atom stereocenters. The third kappa shape index (κ3) is 10.9. The minimum Gasteiger partial charge on any atom is -0.416 e. The molecule has 0 aromatic rings. The van der Waals surface area contributed by atoms with Crippen LogP contribution in [0.3, 0.4) is 0 Å². The summed E-state index contributed by atoms with van der Waals surface area (Å²) in [5.41, 5.74) is 0. The van der Waals surface area contributed by atoms with Gasteiger partial charge in [0.05, 0.1) is 0 Å². The van der Waals surface area contributed by atoms with Crippen molar-refractivity contribution in [2.45, 2.75) is 154 Å². The first-order valence-electron chi connectivity index (χ1n) is 14.5. The van der Waals surface area contributed by atoms with Gasteiger partial charge in [0.2, 0.25) is 0 Å². The Kier molecular flexibility index (Phi) is 14.2. The Balaban J connectivity index is 6.23. The Labute approximate surface area is 243 Å². The van der Waals surface area contributed by atoms with E-state index in [0.717, 1.165) is 37.8 Å². The largest absolute Gasteiger partial charge is 0.500 e. The molecule has 230 valence electrons. The van der Waals surface area contributed by atoms with Crippen molar-refractivity contribution in [1.29, 1.82) is 0 Å². The van der Waals surface area contributed by atoms with E-state index in [4.69, 9.17) is 25.6 Å². The summed E-state index contributed by atoms with van der Waals surface area (Å²) in [7, 11) is -6.97. The predicted molar refractivity (Wildman–Crippen MR) is 175 cm³/mol. The molecule has 0 radical (unpaired) electrons. The van der Waals surface area contributed by atoms with Crippen molar-refractivity contribution in [1.82, 2.24) is 0 Å². The molecule has 0 saturated carbocycles. The van der Waals surface area contributed by atoms with Gasteiger partial charge in [0, 0.05) is 33.4 Å². The van der Waals surface area contributed by atoms with Crippen LogP contribution in [0.1, 0.15) is 88.0 Å². The highest BCUT2D eigenvalue weighted by atomic mass is 28.5. The second-order valence-electron chi connectivity index (χ2n) is 15.5. The normalized spacial score (nSPS) is 15.3. The number of hydrogen-bond donors (Lipinski definition) is 0. The van der Waals surface area contributed by atoms with Crippen LogP contribution in [0, 0.1) is 0 Å². The van der Waals surface area contributed by atoms with Gasteiger partial charge in [-0.2, -0.15) is 0 Å². The Bertz CT molecular complexity index is 627. The molecule has 0 N–H and O–H groups in total. The van der Waals surface area contributed by atoms with E-state index in [1.807, 2.05) is 0 Å². The van der Waals surface area contributed by atoms with E-state index >= 15 is 0 Å². The lowest BCUT2D eigenvalue weighted by molar-refractivity contribution is 0.122. The summed E-state index contributed by atoms with van der Waals surface area (Å²) in [5, 5.41) is 0.230. The Morgan fingerprint density at radius 2 is 0.632 bits per heavy atom. The standard InChI is InChI=1S/C27H66O6Si5/c1-25(2,3)34(13,14)31-38(32-35(15,16)26(4,5)6,33-36(17,18)27(7,8)9)24-22-20-19-21-23-37(28-10,29-11)30-12/h19-24H2,1-18H3. The molecule has 0 spiro atoms. The molecule has 0 amide bonds. The fourth-order valence-corrected chi connectivity index (χ4v) is 21.8. The van der Waals surface area contributed by atoms with Crippen LogP contribution in [0.2, 0.25) is 66.5 Å². The third-order valence-electron chi connectivity index (χ3n) is 9.30. The molecule has 0 bridgehead atoms. The number of rotatable bonds is 16. The molecule has 38 heavy (non-hydrogen) atoms. The maximum atomic E-state index is 7.41. The highest BCUT2D eigenvalue weighted by Crippen LogP contribution is 2.47. The fourth-order valence-electron chi connectivity index (χ4n) is 3.43. The molecular formula is C27H66O6Si5. The van der Waals surface area contributed by atoms with E-state index in [1.165, 1.54) is 0 Å². The number of hydrogen-bond acceptors (Lipinski definition) is 6. The van der Waals surface area contributed by atoms with E-state index in [1.54, 1.807) is 21.3 Å². The van der Waals surface area contributed by atoms with Gasteiger partial charge in [0.1, 0.15) is 0 Å². The van der Waals surface area contributed by atoms with Gasteiger partial charge in [-0.25, -0.2) is 0 Å². The maximum Gasteiger partial charge on any atom is 0.500 e. The molecule has 0 fully saturated rings. The molecule has 0 rings (SSSR count). The molecule has 0 saturated heterocycles. The van der Waals surface area contributed by atoms with Crippen LogP contribution in [-0.2, 0) is 25.6 Å². The summed E-state index contributed by atoms with van der Waals surface area (Å²) in [4.78, 5) is 0. The minimum atomic E-state index is -3.03. The first kappa shape index (κ1) is 38.8. The fraction of sp³-hybridized carbons (Fsp3) is 1.00. The Morgan fingerprint density at radius 3 is 0.842 bits per heavy atom. The van der Waals surface area contributed by atoms with Gasteiger partial charge < -0.3 is 25.6 Å². The van der Waals surface area contributed by atoms with Gasteiger partial charge in [-0.15, -0.1) is 0 Å². The van der Waals surface area contributed by atoms with Gasteiger partial charge in [0.15, 0.2) is 25.0 Å². The van der Waals surface area contributed by atoms with Crippen molar-refractivity contribution >= 4 is 42.6 Å². The van der Waals surface area contributed by atoms with Crippen LogP contribution in [-0.4, -0.2) is 63.9 Å². The van der Waals surface area contributed by atoms with Gasteiger partial charge in [-0.1, -0.05) is 75.2 Å². The molecular weight excluding hydrogens is 561 g/mol. The van der Waals surface area contributed by atoms with Crippen LogP contribution < -0.4 is 0 Å². The van der Waals surface area contributed by atoms with Crippen molar-refractivity contribution in [2.24, 2.45) is 0 Å². The quantitative estimate of drug-likeness (QED) is 0.126. The van der Waals surface area contributed by atoms with E-state index in [9.17, 15) is 0 Å². The highest BCUT2D eigenvalue weighted by molar-refractivity contribution is 6.92. The minimum absolute atomic E-state index is 0.0766. The summed E-state index contributed by atoms with van der Waals surface area (Å²) in [5.74, 6) is 0. The molecule has 6 nitrogen and oxygen atoms in total. The molecule has 0 aliphatic rings. The van der Waals surface area contributed by atoms with Gasteiger partial charge in [-0.05, 0) is 67.2 Å². The van der Waals surface area contributed by atoms with Crippen LogP contribution in [0.15, 0.2) is 0 Å². The average molecular weight is 627 g/mol. The third-order valence-corrected chi connectivity index (χ3v) is 33.8. The van der Waals surface area contributed by atoms with Crippen LogP contribution >= 0.6 is 0 Å². The van der Waals surface area contributed by atoms with E-state index < -0.39 is 42.6 Å². The van der Waals surface area contributed by atoms with E-state index in [-0.39, 0.29) is 15.1 Å². The molecule has 0 aromatic heterocycles. The lowest BCUT2D eigenvalue weighted by Crippen LogP contribution is -2.65. The topological polar surface area (TPSA) is 55.4 Å². The summed E-state index contributed by atoms with van der Waals surface area (Å²) in [6.45, 7) is 34.9. The summed E-state index contributed by atoms with van der Waals surface area (Å²) in [6.07, 6.45) is 4.24. The summed E-state index contributed by atoms with van der Waals surface area (Å²) in [6, 6.07) is 1.71. The monoisotopic (exact) mass is 626 g/mol.